The molecule has 108 valence electrons. The Morgan fingerprint density at radius 1 is 1.19 bits per heavy atom. The molecule has 0 saturated carbocycles. The van der Waals surface area contributed by atoms with Gasteiger partial charge in [0.05, 0.1) is 6.33 Å². The Balaban J connectivity index is 2.14. The van der Waals surface area contributed by atoms with Crippen molar-refractivity contribution in [2.45, 2.75) is 6.92 Å². The van der Waals surface area contributed by atoms with Crippen LogP contribution in [-0.2, 0) is 0 Å². The van der Waals surface area contributed by atoms with Gasteiger partial charge in [-0.05, 0) is 18.6 Å². The van der Waals surface area contributed by atoms with E-state index in [0.29, 0.717) is 22.7 Å². The lowest BCUT2D eigenvalue weighted by atomic mass is 10.2. The molecule has 2 heterocycles. The van der Waals surface area contributed by atoms with Crippen LogP contribution >= 0.6 is 0 Å². The smallest absolute Gasteiger partial charge is 0.226 e. The number of aromatic amines is 1. The summed E-state index contributed by atoms with van der Waals surface area (Å²) in [7, 11) is 1.64. The molecule has 2 aromatic heterocycles. The molecule has 3 aromatic rings. The van der Waals surface area contributed by atoms with Gasteiger partial charge in [0, 0.05) is 7.05 Å². The van der Waals surface area contributed by atoms with Gasteiger partial charge in [0.1, 0.15) is 17.0 Å². The van der Waals surface area contributed by atoms with Gasteiger partial charge in [0.2, 0.25) is 5.95 Å². The van der Waals surface area contributed by atoms with E-state index >= 15 is 0 Å². The molecule has 0 radical (unpaired) electrons. The van der Waals surface area contributed by atoms with E-state index in [-0.39, 0.29) is 11.5 Å². The van der Waals surface area contributed by atoms with Gasteiger partial charge >= 0.3 is 0 Å². The van der Waals surface area contributed by atoms with E-state index in [9.17, 15) is 8.78 Å². The van der Waals surface area contributed by atoms with Gasteiger partial charge in [-0.1, -0.05) is 6.07 Å². The topological polar surface area (TPSA) is 78.5 Å². The fourth-order valence-corrected chi connectivity index (χ4v) is 1.93. The second kappa shape index (κ2) is 4.97. The molecule has 0 aliphatic heterocycles. The predicted octanol–water partition coefficient (Wildman–Crippen LogP) is 2.72. The fraction of sp³-hybridized carbons (Fsp3) is 0.154. The van der Waals surface area contributed by atoms with E-state index < -0.39 is 11.6 Å². The zero-order valence-corrected chi connectivity index (χ0v) is 11.3. The van der Waals surface area contributed by atoms with Gasteiger partial charge in [0.25, 0.3) is 0 Å². The minimum atomic E-state index is -0.699. The second-order valence-corrected chi connectivity index (χ2v) is 4.43. The lowest BCUT2D eigenvalue weighted by Gasteiger charge is -2.11. The zero-order chi connectivity index (χ0) is 15.0. The second-order valence-electron chi connectivity index (χ2n) is 4.43. The molecule has 0 spiro atoms. The molecule has 0 fully saturated rings. The van der Waals surface area contributed by atoms with Crippen molar-refractivity contribution in [1.82, 2.24) is 19.9 Å². The van der Waals surface area contributed by atoms with Crippen LogP contribution in [0.4, 0.5) is 26.2 Å². The van der Waals surface area contributed by atoms with Crippen LogP contribution in [0.1, 0.15) is 5.56 Å². The monoisotopic (exact) mass is 290 g/mol. The molecule has 8 heteroatoms. The number of hydrogen-bond donors (Lipinski definition) is 3. The van der Waals surface area contributed by atoms with Crippen molar-refractivity contribution in [3.05, 3.63) is 35.7 Å². The Morgan fingerprint density at radius 3 is 2.76 bits per heavy atom. The Labute approximate surface area is 118 Å². The van der Waals surface area contributed by atoms with E-state index in [2.05, 4.69) is 30.6 Å². The first kappa shape index (κ1) is 13.2. The molecule has 21 heavy (non-hydrogen) atoms. The van der Waals surface area contributed by atoms with Crippen LogP contribution < -0.4 is 10.6 Å². The third kappa shape index (κ3) is 2.24. The van der Waals surface area contributed by atoms with E-state index in [1.54, 1.807) is 14.0 Å². The molecule has 1 aromatic carbocycles. The molecule has 6 nitrogen and oxygen atoms in total. The molecule has 3 rings (SSSR count). The van der Waals surface area contributed by atoms with E-state index in [0.717, 1.165) is 0 Å². The van der Waals surface area contributed by atoms with E-state index in [1.165, 1.54) is 18.5 Å². The third-order valence-corrected chi connectivity index (χ3v) is 3.04. The number of rotatable bonds is 3. The Bertz CT molecular complexity index is 814. The zero-order valence-electron chi connectivity index (χ0n) is 11.3. The van der Waals surface area contributed by atoms with Crippen molar-refractivity contribution in [1.29, 1.82) is 0 Å². The number of nitrogens with zero attached hydrogens (tertiary/aromatic N) is 3. The Kier molecular flexibility index (Phi) is 3.13. The van der Waals surface area contributed by atoms with Crippen molar-refractivity contribution < 1.29 is 8.78 Å². The third-order valence-electron chi connectivity index (χ3n) is 3.04. The molecule has 0 aliphatic carbocycles. The Morgan fingerprint density at radius 2 is 2.00 bits per heavy atom. The summed E-state index contributed by atoms with van der Waals surface area (Å²) in [6.07, 6.45) is 1.44. The highest BCUT2D eigenvalue weighted by molar-refractivity contribution is 5.86. The average Bonchev–Trinajstić information content (AvgIpc) is 2.95. The van der Waals surface area contributed by atoms with Gasteiger partial charge in [0.15, 0.2) is 17.3 Å². The number of anilines is 3. The summed E-state index contributed by atoms with van der Waals surface area (Å²) in [6.45, 7) is 1.56. The number of hydrogen-bond acceptors (Lipinski definition) is 5. The maximum atomic E-state index is 14.1. The van der Waals surface area contributed by atoms with Crippen molar-refractivity contribution in [3.8, 4) is 0 Å². The van der Waals surface area contributed by atoms with Crippen LogP contribution in [0, 0.1) is 18.6 Å². The number of halogens is 2. The van der Waals surface area contributed by atoms with Crippen LogP contribution in [-0.4, -0.2) is 27.0 Å². The van der Waals surface area contributed by atoms with Gasteiger partial charge in [-0.3, -0.25) is 0 Å². The number of fused-ring (bicyclic) bond motifs is 1. The summed E-state index contributed by atoms with van der Waals surface area (Å²) >= 11 is 0. The summed E-state index contributed by atoms with van der Waals surface area (Å²) < 4.78 is 27.9. The van der Waals surface area contributed by atoms with Crippen LogP contribution in [0.15, 0.2) is 18.5 Å². The summed E-state index contributed by atoms with van der Waals surface area (Å²) in [4.78, 5) is 15.1. The van der Waals surface area contributed by atoms with Crippen LogP contribution in [0.3, 0.4) is 0 Å². The van der Waals surface area contributed by atoms with Crippen LogP contribution in [0.2, 0.25) is 0 Å². The summed E-state index contributed by atoms with van der Waals surface area (Å²) in [5.74, 6) is -0.821. The first-order valence-corrected chi connectivity index (χ1v) is 6.20. The molecule has 0 aliphatic rings. The first-order chi connectivity index (χ1) is 10.1. The molecular formula is C13H12F2N6. The normalized spacial score (nSPS) is 10.9. The van der Waals surface area contributed by atoms with Crippen LogP contribution in [0.5, 0.6) is 0 Å². The van der Waals surface area contributed by atoms with Crippen molar-refractivity contribution in [2.24, 2.45) is 0 Å². The molecule has 3 N–H and O–H groups in total. The highest BCUT2D eigenvalue weighted by atomic mass is 19.1. The lowest BCUT2D eigenvalue weighted by molar-refractivity contribution is 0.585. The average molecular weight is 290 g/mol. The summed E-state index contributed by atoms with van der Waals surface area (Å²) in [6, 6.07) is 2.58. The number of imidazole rings is 1. The van der Waals surface area contributed by atoms with Gasteiger partial charge in [-0.2, -0.15) is 9.97 Å². The fourth-order valence-electron chi connectivity index (χ4n) is 1.93. The maximum absolute atomic E-state index is 14.1. The van der Waals surface area contributed by atoms with Crippen molar-refractivity contribution in [2.75, 3.05) is 17.7 Å². The SMILES string of the molecule is CNc1nc(Nc2c(F)ccc(C)c2F)c2[nH]cnc2n1. The number of aryl methyl sites for hydroxylation is 1. The highest BCUT2D eigenvalue weighted by Gasteiger charge is 2.15. The largest absolute Gasteiger partial charge is 0.357 e. The number of nitrogens with one attached hydrogen (secondary N) is 3. The first-order valence-electron chi connectivity index (χ1n) is 6.20. The molecule has 0 atom stereocenters. The van der Waals surface area contributed by atoms with Crippen molar-refractivity contribution in [3.63, 3.8) is 0 Å². The number of H-pyrrole nitrogens is 1. The number of benzene rings is 1. The van der Waals surface area contributed by atoms with Crippen molar-refractivity contribution >= 4 is 28.6 Å². The standard InChI is InChI=1S/C13H12F2N6/c1-6-3-4-7(14)9(8(6)15)19-12-10-11(18-5-17-10)20-13(16-2)21-12/h3-5H,1-2H3,(H3,16,17,18,19,20,21). The minimum absolute atomic E-state index is 0.241. The van der Waals surface area contributed by atoms with E-state index in [1.807, 2.05) is 0 Å². The van der Waals surface area contributed by atoms with E-state index in [4.69, 9.17) is 0 Å². The van der Waals surface area contributed by atoms with Gasteiger partial charge < -0.3 is 15.6 Å². The molecule has 0 saturated heterocycles. The van der Waals surface area contributed by atoms with Gasteiger partial charge in [-0.25, -0.2) is 13.8 Å². The molecule has 0 unspecified atom stereocenters. The molecule has 0 bridgehead atoms. The van der Waals surface area contributed by atoms with Crippen LogP contribution in [0.25, 0.3) is 11.2 Å². The highest BCUT2D eigenvalue weighted by Crippen LogP contribution is 2.27. The quantitative estimate of drug-likeness (QED) is 0.691. The Hall–Kier alpha value is -2.77. The van der Waals surface area contributed by atoms with Gasteiger partial charge in [-0.15, -0.1) is 0 Å². The molecular weight excluding hydrogens is 278 g/mol. The lowest BCUT2D eigenvalue weighted by Crippen LogP contribution is -2.05. The maximum Gasteiger partial charge on any atom is 0.226 e. The predicted molar refractivity (Wildman–Crippen MR) is 75.6 cm³/mol. The molecule has 0 amide bonds. The number of aromatic nitrogens is 4. The summed E-state index contributed by atoms with van der Waals surface area (Å²) in [5.41, 5.74) is 0.939. The summed E-state index contributed by atoms with van der Waals surface area (Å²) in [5, 5.41) is 5.44. The minimum Gasteiger partial charge on any atom is -0.357 e.